The van der Waals surface area contributed by atoms with Crippen molar-refractivity contribution in [1.29, 1.82) is 0 Å². The van der Waals surface area contributed by atoms with Crippen molar-refractivity contribution in [2.45, 2.75) is 41.5 Å². The van der Waals surface area contributed by atoms with Crippen LogP contribution in [-0.2, 0) is 24.9 Å². The molecule has 0 saturated heterocycles. The minimum atomic E-state index is -0.899. The predicted octanol–water partition coefficient (Wildman–Crippen LogP) is 7.94. The summed E-state index contributed by atoms with van der Waals surface area (Å²) in [5.41, 5.74) is 0.342. The van der Waals surface area contributed by atoms with Crippen molar-refractivity contribution in [3.05, 3.63) is 115 Å². The zero-order valence-electron chi connectivity index (χ0n) is 23.9. The van der Waals surface area contributed by atoms with Crippen LogP contribution in [0.1, 0.15) is 41.5 Å². The molecular weight excluding hydrogens is 727 g/mol. The number of carbonyl (C=O) groups is 1. The molecule has 0 aliphatic heterocycles. The summed E-state index contributed by atoms with van der Waals surface area (Å²) in [6.45, 7) is 11.1. The molecule has 0 atom stereocenters. The van der Waals surface area contributed by atoms with Gasteiger partial charge in [-0.25, -0.2) is 18.7 Å². The Morgan fingerprint density at radius 1 is 0.786 bits per heavy atom. The molecule has 4 rings (SSSR count). The van der Waals surface area contributed by atoms with E-state index in [1.807, 2.05) is 41.5 Å². The summed E-state index contributed by atoms with van der Waals surface area (Å²) < 4.78 is 51.2. The van der Waals surface area contributed by atoms with Gasteiger partial charge in [-0.1, -0.05) is 65.3 Å². The van der Waals surface area contributed by atoms with E-state index in [1.165, 1.54) is 12.3 Å². The third kappa shape index (κ3) is 11.6. The van der Waals surface area contributed by atoms with Crippen molar-refractivity contribution in [2.24, 2.45) is 10.8 Å². The second-order valence-corrected chi connectivity index (χ2v) is 10.7. The smallest absolute Gasteiger partial charge is 0.512 e. The van der Waals surface area contributed by atoms with E-state index in [1.54, 1.807) is 42.5 Å². The van der Waals surface area contributed by atoms with Crippen molar-refractivity contribution >= 4 is 5.78 Å². The van der Waals surface area contributed by atoms with Crippen LogP contribution in [0.4, 0.5) is 17.6 Å². The Hall–Kier alpha value is -3.75. The Morgan fingerprint density at radius 2 is 1.33 bits per heavy atom. The van der Waals surface area contributed by atoms with Crippen molar-refractivity contribution in [1.82, 2.24) is 15.0 Å². The van der Waals surface area contributed by atoms with Crippen LogP contribution < -0.4 is 0 Å². The summed E-state index contributed by atoms with van der Waals surface area (Å²) in [4.78, 5) is 21.5. The van der Waals surface area contributed by atoms with Crippen molar-refractivity contribution in [3.63, 3.8) is 0 Å². The van der Waals surface area contributed by atoms with Crippen LogP contribution in [0.15, 0.2) is 72.6 Å². The fourth-order valence-electron chi connectivity index (χ4n) is 2.73. The van der Waals surface area contributed by atoms with Gasteiger partial charge in [-0.2, -0.15) is 35.9 Å². The Labute approximate surface area is 257 Å². The van der Waals surface area contributed by atoms with Crippen molar-refractivity contribution in [2.75, 3.05) is 0 Å². The monoisotopic (exact) mass is 757 g/mol. The van der Waals surface area contributed by atoms with E-state index in [2.05, 4.69) is 33.2 Å². The summed E-state index contributed by atoms with van der Waals surface area (Å²) >= 11 is 0. The number of rotatable bonds is 3. The number of ketones is 1. The average Bonchev–Trinajstić information content (AvgIpc) is 2.89. The van der Waals surface area contributed by atoms with E-state index in [0.717, 1.165) is 12.1 Å². The van der Waals surface area contributed by atoms with Gasteiger partial charge in [0.1, 0.15) is 23.6 Å². The number of hydrogen-bond acceptors (Lipinski definition) is 5. The molecule has 0 saturated carbocycles. The number of aliphatic hydroxyl groups is 1. The van der Waals surface area contributed by atoms with Gasteiger partial charge in [0.15, 0.2) is 5.78 Å². The van der Waals surface area contributed by atoms with Gasteiger partial charge in [0.05, 0.1) is 5.95 Å². The fraction of sp³-hybridized carbons (Fsp3) is 0.250. The molecule has 3 aromatic heterocycles. The minimum Gasteiger partial charge on any atom is -0.512 e. The van der Waals surface area contributed by atoms with E-state index in [9.17, 15) is 27.5 Å². The van der Waals surface area contributed by atoms with Crippen LogP contribution in [0.25, 0.3) is 22.4 Å². The van der Waals surface area contributed by atoms with Gasteiger partial charge in [0.25, 0.3) is 0 Å². The number of halogens is 4. The van der Waals surface area contributed by atoms with Crippen molar-refractivity contribution in [3.8, 4) is 22.4 Å². The van der Waals surface area contributed by atoms with Gasteiger partial charge in [-0.15, -0.1) is 18.2 Å². The van der Waals surface area contributed by atoms with E-state index < -0.39 is 29.2 Å². The van der Waals surface area contributed by atoms with Crippen LogP contribution >= 0.6 is 0 Å². The van der Waals surface area contributed by atoms with Crippen LogP contribution in [-0.4, -0.2) is 25.8 Å². The SMILES string of the molecule is CC(C)(C)C(=O)/C=C(\O)C(C)(C)C.Fc1c[c-]c(-c2[c-]cccc2)c(F)n1.Fc1c[c-]c(-c2ccccn2)c(F)n1.[Ir+3]. The van der Waals surface area contributed by atoms with Crippen LogP contribution in [0, 0.1) is 52.8 Å². The molecule has 0 fully saturated rings. The number of nitrogens with zero attached hydrogens (tertiary/aromatic N) is 3. The maximum absolute atomic E-state index is 13.1. The summed E-state index contributed by atoms with van der Waals surface area (Å²) in [5.74, 6) is -3.42. The van der Waals surface area contributed by atoms with E-state index >= 15 is 0 Å². The molecule has 0 spiro atoms. The topological polar surface area (TPSA) is 76.0 Å². The second-order valence-electron chi connectivity index (χ2n) is 10.7. The summed E-state index contributed by atoms with van der Waals surface area (Å²) in [5, 5.41) is 9.56. The molecule has 222 valence electrons. The predicted molar refractivity (Wildman–Crippen MR) is 148 cm³/mol. The third-order valence-corrected chi connectivity index (χ3v) is 5.17. The average molecular weight is 757 g/mol. The van der Waals surface area contributed by atoms with Crippen LogP contribution in [0.5, 0.6) is 0 Å². The van der Waals surface area contributed by atoms with E-state index in [0.29, 0.717) is 11.3 Å². The number of benzene rings is 1. The van der Waals surface area contributed by atoms with Gasteiger partial charge in [0.2, 0.25) is 0 Å². The molecule has 42 heavy (non-hydrogen) atoms. The van der Waals surface area contributed by atoms with Crippen LogP contribution in [0.2, 0.25) is 0 Å². The Kier molecular flexibility index (Phi) is 13.8. The molecule has 1 aromatic carbocycles. The van der Waals surface area contributed by atoms with Crippen LogP contribution in [0.3, 0.4) is 0 Å². The van der Waals surface area contributed by atoms with E-state index in [4.69, 9.17) is 0 Å². The Bertz CT molecular complexity index is 1380. The molecule has 0 radical (unpaired) electrons. The maximum Gasteiger partial charge on any atom is 3.00 e. The normalized spacial score (nSPS) is 11.2. The molecule has 10 heteroatoms. The van der Waals surface area contributed by atoms with Gasteiger partial charge < -0.3 is 10.1 Å². The summed E-state index contributed by atoms with van der Waals surface area (Å²) in [6.07, 6.45) is 2.85. The first-order valence-corrected chi connectivity index (χ1v) is 12.4. The number of carbonyl (C=O) groups excluding carboxylic acids is 1. The largest absolute Gasteiger partial charge is 3.00 e. The number of pyridine rings is 3. The Balaban J connectivity index is 0.000000312. The third-order valence-electron chi connectivity index (χ3n) is 5.17. The van der Waals surface area contributed by atoms with Gasteiger partial charge in [-0.05, 0) is 11.8 Å². The second kappa shape index (κ2) is 16.0. The molecule has 1 N–H and O–H groups in total. The minimum absolute atomic E-state index is 0. The standard InChI is InChI=1S/C11H5F2N.C11H20O2.C10H5F2N2.Ir/c12-10-7-6-9(11(13)14-10)8-4-2-1-3-5-8;1-10(2,3)8(12)7-9(13)11(4,5)6;11-9-5-4-7(10(12)14-9)8-3-1-2-6-13-8;/h1-4,7H;7,12H,1-6H3;1-3,5-6H;/q-2;;-1;+3/b;8-7-;;. The first-order valence-electron chi connectivity index (χ1n) is 12.4. The van der Waals surface area contributed by atoms with Gasteiger partial charge >= 0.3 is 20.1 Å². The zero-order chi connectivity index (χ0) is 30.8. The molecule has 3 heterocycles. The Morgan fingerprint density at radius 3 is 1.76 bits per heavy atom. The molecular formula is C32H30F4IrN3O2. The van der Waals surface area contributed by atoms with Gasteiger partial charge in [0, 0.05) is 23.1 Å². The zero-order valence-corrected chi connectivity index (χ0v) is 26.3. The summed E-state index contributed by atoms with van der Waals surface area (Å²) in [6, 6.07) is 21.5. The number of hydrogen-bond donors (Lipinski definition) is 1. The molecule has 0 aliphatic carbocycles. The molecule has 4 aromatic rings. The van der Waals surface area contributed by atoms with Crippen molar-refractivity contribution < 1.29 is 47.6 Å². The molecule has 5 nitrogen and oxygen atoms in total. The first kappa shape index (κ1) is 36.3. The molecule has 0 bridgehead atoms. The molecule has 0 unspecified atom stereocenters. The fourth-order valence-corrected chi connectivity index (χ4v) is 2.73. The number of aromatic nitrogens is 3. The van der Waals surface area contributed by atoms with Gasteiger partial charge in [-0.3, -0.25) is 19.2 Å². The first-order chi connectivity index (χ1) is 19.1. The quantitative estimate of drug-likeness (QED) is 0.0756. The summed E-state index contributed by atoms with van der Waals surface area (Å²) in [7, 11) is 0. The van der Waals surface area contributed by atoms with E-state index in [-0.39, 0.29) is 48.2 Å². The number of aliphatic hydroxyl groups excluding tert-OH is 1. The number of allylic oxidation sites excluding steroid dienone is 2. The molecule has 0 amide bonds. The maximum atomic E-state index is 13.1. The molecule has 0 aliphatic rings.